The van der Waals surface area contributed by atoms with E-state index in [1.807, 2.05) is 25.1 Å². The van der Waals surface area contributed by atoms with E-state index in [0.29, 0.717) is 36.5 Å². The summed E-state index contributed by atoms with van der Waals surface area (Å²) in [4.78, 5) is 15.4. The van der Waals surface area contributed by atoms with Crippen LogP contribution in [0.1, 0.15) is 67.5 Å². The van der Waals surface area contributed by atoms with Gasteiger partial charge in [-0.1, -0.05) is 25.6 Å². The molecular weight excluding hydrogens is 409 g/mol. The monoisotopic (exact) mass is 439 g/mol. The van der Waals surface area contributed by atoms with Crippen molar-refractivity contribution in [3.63, 3.8) is 0 Å². The standard InChI is InChI=1S/C26H30FNO4/c1-5-23(27)16(2)6-7-17(3)26-28-18(4)24(32-26)12-13-31-21-10-11-22-19(14-21)8-9-20(22)15-25(29)30/h6-7,10-11,14,20H,3,5,8-9,12-13,15H2,1-2,4H3,(H,29,30). The zero-order valence-corrected chi connectivity index (χ0v) is 18.9. The van der Waals surface area contributed by atoms with Crippen molar-refractivity contribution in [2.24, 2.45) is 0 Å². The first-order chi connectivity index (χ1) is 15.3. The van der Waals surface area contributed by atoms with Crippen molar-refractivity contribution in [2.45, 2.75) is 58.8 Å². The molecule has 1 aromatic carbocycles. The summed E-state index contributed by atoms with van der Waals surface area (Å²) in [5.74, 6) is 1.09. The van der Waals surface area contributed by atoms with Crippen LogP contribution in [0.15, 0.2) is 52.7 Å². The molecule has 0 radical (unpaired) electrons. The minimum absolute atomic E-state index is 0.0895. The number of oxazole rings is 1. The maximum Gasteiger partial charge on any atom is 0.303 e. The largest absolute Gasteiger partial charge is 0.493 e. The molecule has 0 saturated carbocycles. The van der Waals surface area contributed by atoms with Gasteiger partial charge in [0.05, 0.1) is 18.7 Å². The van der Waals surface area contributed by atoms with Gasteiger partial charge in [-0.3, -0.25) is 4.79 Å². The second kappa shape index (κ2) is 10.4. The topological polar surface area (TPSA) is 72.6 Å². The first-order valence-corrected chi connectivity index (χ1v) is 10.9. The molecule has 0 bridgehead atoms. The van der Waals surface area contributed by atoms with Crippen LogP contribution in [-0.2, 0) is 17.6 Å². The molecule has 1 heterocycles. The number of carboxylic acids is 1. The van der Waals surface area contributed by atoms with Gasteiger partial charge in [-0.25, -0.2) is 9.37 Å². The highest BCUT2D eigenvalue weighted by atomic mass is 19.1. The number of hydrogen-bond acceptors (Lipinski definition) is 4. The highest BCUT2D eigenvalue weighted by Crippen LogP contribution is 2.37. The average Bonchev–Trinajstić information content (AvgIpc) is 3.33. The molecule has 3 rings (SSSR count). The summed E-state index contributed by atoms with van der Waals surface area (Å²) in [6.07, 6.45) is 6.21. The van der Waals surface area contributed by atoms with E-state index >= 15 is 0 Å². The number of halogens is 1. The number of allylic oxidation sites excluding steroid dienone is 5. The Labute approximate surface area is 188 Å². The summed E-state index contributed by atoms with van der Waals surface area (Å²) < 4.78 is 25.3. The predicted octanol–water partition coefficient (Wildman–Crippen LogP) is 6.33. The Morgan fingerprint density at radius 2 is 2.19 bits per heavy atom. The lowest BCUT2D eigenvalue weighted by molar-refractivity contribution is -0.137. The molecule has 1 unspecified atom stereocenters. The summed E-state index contributed by atoms with van der Waals surface area (Å²) in [5.41, 5.74) is 4.20. The highest BCUT2D eigenvalue weighted by Gasteiger charge is 2.25. The summed E-state index contributed by atoms with van der Waals surface area (Å²) in [7, 11) is 0. The lowest BCUT2D eigenvalue weighted by atomic mass is 9.98. The van der Waals surface area contributed by atoms with Crippen LogP contribution in [0.4, 0.5) is 4.39 Å². The van der Waals surface area contributed by atoms with Crippen LogP contribution in [0, 0.1) is 6.92 Å². The van der Waals surface area contributed by atoms with Gasteiger partial charge in [0, 0.05) is 12.0 Å². The molecular formula is C26H30FNO4. The van der Waals surface area contributed by atoms with Crippen LogP contribution in [0.5, 0.6) is 5.75 Å². The number of carboxylic acid groups (broad SMARTS) is 1. The summed E-state index contributed by atoms with van der Waals surface area (Å²) in [6, 6.07) is 5.89. The van der Waals surface area contributed by atoms with Crippen LogP contribution < -0.4 is 4.74 Å². The second-order valence-electron chi connectivity index (χ2n) is 8.12. The molecule has 170 valence electrons. The van der Waals surface area contributed by atoms with Crippen molar-refractivity contribution in [1.29, 1.82) is 0 Å². The molecule has 1 atom stereocenters. The Bertz CT molecular complexity index is 1060. The van der Waals surface area contributed by atoms with Gasteiger partial charge in [-0.05, 0) is 73.9 Å². The van der Waals surface area contributed by atoms with E-state index in [4.69, 9.17) is 14.3 Å². The Morgan fingerprint density at radius 1 is 1.41 bits per heavy atom. The fourth-order valence-corrected chi connectivity index (χ4v) is 3.92. The molecule has 1 aliphatic carbocycles. The summed E-state index contributed by atoms with van der Waals surface area (Å²) in [6.45, 7) is 9.76. The van der Waals surface area contributed by atoms with Crippen molar-refractivity contribution < 1.29 is 23.4 Å². The number of rotatable bonds is 10. The molecule has 0 saturated heterocycles. The Balaban J connectivity index is 1.57. The van der Waals surface area contributed by atoms with Crippen molar-refractivity contribution in [1.82, 2.24) is 4.98 Å². The molecule has 0 spiro atoms. The van der Waals surface area contributed by atoms with Crippen molar-refractivity contribution in [2.75, 3.05) is 6.61 Å². The minimum Gasteiger partial charge on any atom is -0.493 e. The first kappa shape index (κ1) is 23.5. The molecule has 32 heavy (non-hydrogen) atoms. The van der Waals surface area contributed by atoms with E-state index < -0.39 is 5.97 Å². The Kier molecular flexibility index (Phi) is 7.67. The van der Waals surface area contributed by atoms with Gasteiger partial charge in [-0.15, -0.1) is 0 Å². The maximum absolute atomic E-state index is 13.6. The zero-order chi connectivity index (χ0) is 23.3. The van der Waals surface area contributed by atoms with E-state index in [-0.39, 0.29) is 18.2 Å². The normalized spacial score (nSPS) is 16.2. The smallest absolute Gasteiger partial charge is 0.303 e. The van der Waals surface area contributed by atoms with Crippen molar-refractivity contribution >= 4 is 11.5 Å². The van der Waals surface area contributed by atoms with Crippen LogP contribution in [0.2, 0.25) is 0 Å². The average molecular weight is 440 g/mol. The van der Waals surface area contributed by atoms with Gasteiger partial charge >= 0.3 is 5.97 Å². The number of aliphatic carboxylic acids is 1. The van der Waals surface area contributed by atoms with Crippen LogP contribution >= 0.6 is 0 Å². The summed E-state index contributed by atoms with van der Waals surface area (Å²) >= 11 is 0. The maximum atomic E-state index is 13.6. The SMILES string of the molecule is C=C(C=CC(C)=C(F)CC)c1nc(C)c(CCOc2ccc3c(c2)CCC3CC(=O)O)o1. The molecule has 1 aromatic heterocycles. The number of ether oxygens (including phenoxy) is 1. The number of aromatic nitrogens is 1. The van der Waals surface area contributed by atoms with Gasteiger partial charge in [0.15, 0.2) is 0 Å². The number of benzene rings is 1. The third kappa shape index (κ3) is 5.75. The van der Waals surface area contributed by atoms with E-state index in [9.17, 15) is 9.18 Å². The van der Waals surface area contributed by atoms with Crippen LogP contribution in [-0.4, -0.2) is 22.7 Å². The van der Waals surface area contributed by atoms with Gasteiger partial charge in [-0.2, -0.15) is 0 Å². The predicted molar refractivity (Wildman–Crippen MR) is 122 cm³/mol. The third-order valence-corrected chi connectivity index (χ3v) is 5.78. The van der Waals surface area contributed by atoms with Gasteiger partial charge in [0.25, 0.3) is 0 Å². The molecule has 0 aliphatic heterocycles. The van der Waals surface area contributed by atoms with Crippen LogP contribution in [0.3, 0.4) is 0 Å². The Morgan fingerprint density at radius 3 is 2.91 bits per heavy atom. The first-order valence-electron chi connectivity index (χ1n) is 10.9. The number of hydrogen-bond donors (Lipinski definition) is 1. The molecule has 1 aliphatic rings. The van der Waals surface area contributed by atoms with Gasteiger partial charge in [0.1, 0.15) is 17.3 Å². The number of nitrogens with zero attached hydrogens (tertiary/aromatic N) is 1. The van der Waals surface area contributed by atoms with Gasteiger partial charge < -0.3 is 14.3 Å². The fourth-order valence-electron chi connectivity index (χ4n) is 3.92. The third-order valence-electron chi connectivity index (χ3n) is 5.78. The second-order valence-corrected chi connectivity index (χ2v) is 8.12. The molecule has 5 nitrogen and oxygen atoms in total. The number of carbonyl (C=O) groups is 1. The lowest BCUT2D eigenvalue weighted by Crippen LogP contribution is -2.04. The van der Waals surface area contributed by atoms with Crippen LogP contribution in [0.25, 0.3) is 5.57 Å². The van der Waals surface area contributed by atoms with E-state index in [1.54, 1.807) is 26.0 Å². The molecule has 0 amide bonds. The molecule has 2 aromatic rings. The minimum atomic E-state index is -0.761. The number of aryl methyl sites for hydroxylation is 2. The summed E-state index contributed by atoms with van der Waals surface area (Å²) in [5, 5.41) is 9.06. The lowest BCUT2D eigenvalue weighted by Gasteiger charge is -2.10. The fraction of sp³-hybridized carbons (Fsp3) is 0.385. The van der Waals surface area contributed by atoms with Crippen molar-refractivity contribution in [3.8, 4) is 5.75 Å². The highest BCUT2D eigenvalue weighted by molar-refractivity contribution is 5.68. The van der Waals surface area contributed by atoms with E-state index in [1.165, 1.54) is 5.56 Å². The van der Waals surface area contributed by atoms with Crippen molar-refractivity contribution in [3.05, 3.63) is 76.8 Å². The quantitative estimate of drug-likeness (QED) is 0.438. The Hall–Kier alpha value is -3.15. The molecule has 0 fully saturated rings. The van der Waals surface area contributed by atoms with E-state index in [0.717, 1.165) is 35.6 Å². The van der Waals surface area contributed by atoms with E-state index in [2.05, 4.69) is 11.6 Å². The van der Waals surface area contributed by atoms with Gasteiger partial charge in [0.2, 0.25) is 5.89 Å². The zero-order valence-electron chi connectivity index (χ0n) is 18.9. The molecule has 1 N–H and O–H groups in total. The number of fused-ring (bicyclic) bond motifs is 1. The molecule has 6 heteroatoms.